The molecular formula is C18H30N2. The SMILES string of the molecule is CC1CC(C)C(C)N(CC(N)CCc2ccccc2)C1. The number of aryl methyl sites for hydroxylation is 1. The third-order valence-corrected chi connectivity index (χ3v) is 4.84. The Balaban J connectivity index is 1.80. The summed E-state index contributed by atoms with van der Waals surface area (Å²) in [5.41, 5.74) is 7.76. The molecule has 1 aliphatic rings. The van der Waals surface area contributed by atoms with E-state index in [-0.39, 0.29) is 6.04 Å². The van der Waals surface area contributed by atoms with Crippen LogP contribution in [0.4, 0.5) is 0 Å². The quantitative estimate of drug-likeness (QED) is 0.892. The predicted molar refractivity (Wildman–Crippen MR) is 86.7 cm³/mol. The number of hydrogen-bond donors (Lipinski definition) is 1. The maximum atomic E-state index is 6.36. The second-order valence-electron chi connectivity index (χ2n) is 6.80. The lowest BCUT2D eigenvalue weighted by Gasteiger charge is -2.42. The number of hydrogen-bond acceptors (Lipinski definition) is 2. The fourth-order valence-electron chi connectivity index (χ4n) is 3.46. The van der Waals surface area contributed by atoms with Crippen LogP contribution in [0.1, 0.15) is 39.2 Å². The molecule has 4 atom stereocenters. The first-order valence-corrected chi connectivity index (χ1v) is 8.09. The van der Waals surface area contributed by atoms with Crippen LogP contribution in [0.25, 0.3) is 0 Å². The topological polar surface area (TPSA) is 29.3 Å². The van der Waals surface area contributed by atoms with Crippen molar-refractivity contribution >= 4 is 0 Å². The molecule has 0 amide bonds. The van der Waals surface area contributed by atoms with E-state index >= 15 is 0 Å². The van der Waals surface area contributed by atoms with Crippen molar-refractivity contribution in [3.05, 3.63) is 35.9 Å². The molecule has 2 heteroatoms. The molecule has 0 spiro atoms. The zero-order valence-corrected chi connectivity index (χ0v) is 13.3. The van der Waals surface area contributed by atoms with Gasteiger partial charge >= 0.3 is 0 Å². The zero-order valence-electron chi connectivity index (χ0n) is 13.3. The monoisotopic (exact) mass is 274 g/mol. The van der Waals surface area contributed by atoms with E-state index in [1.54, 1.807) is 0 Å². The molecule has 0 aromatic heterocycles. The van der Waals surface area contributed by atoms with Gasteiger partial charge in [0.1, 0.15) is 0 Å². The van der Waals surface area contributed by atoms with Crippen molar-refractivity contribution in [1.82, 2.24) is 4.90 Å². The third kappa shape index (κ3) is 4.32. The Bertz CT molecular complexity index is 390. The van der Waals surface area contributed by atoms with Gasteiger partial charge in [0.15, 0.2) is 0 Å². The lowest BCUT2D eigenvalue weighted by molar-refractivity contribution is 0.0734. The minimum absolute atomic E-state index is 0.287. The van der Waals surface area contributed by atoms with Crippen LogP contribution in [0.15, 0.2) is 30.3 Å². The van der Waals surface area contributed by atoms with E-state index in [0.717, 1.165) is 31.2 Å². The minimum Gasteiger partial charge on any atom is -0.327 e. The molecule has 2 rings (SSSR count). The highest BCUT2D eigenvalue weighted by Gasteiger charge is 2.29. The Labute approximate surface area is 124 Å². The van der Waals surface area contributed by atoms with Crippen LogP contribution in [-0.2, 0) is 6.42 Å². The first kappa shape index (κ1) is 15.5. The standard InChI is InChI=1S/C18H30N2/c1-14-11-15(2)16(3)20(12-14)13-18(19)10-9-17-7-5-4-6-8-17/h4-8,14-16,18H,9-13,19H2,1-3H3. The van der Waals surface area contributed by atoms with Crippen LogP contribution in [0, 0.1) is 11.8 Å². The molecular weight excluding hydrogens is 244 g/mol. The van der Waals surface area contributed by atoms with Crippen LogP contribution >= 0.6 is 0 Å². The van der Waals surface area contributed by atoms with Gasteiger partial charge in [-0.05, 0) is 43.6 Å². The zero-order chi connectivity index (χ0) is 14.5. The largest absolute Gasteiger partial charge is 0.327 e. The van der Waals surface area contributed by atoms with E-state index in [0.29, 0.717) is 6.04 Å². The molecule has 4 unspecified atom stereocenters. The van der Waals surface area contributed by atoms with Crippen molar-refractivity contribution in [2.45, 2.75) is 52.1 Å². The summed E-state index contributed by atoms with van der Waals surface area (Å²) in [5.74, 6) is 1.60. The van der Waals surface area contributed by atoms with Gasteiger partial charge in [-0.2, -0.15) is 0 Å². The Morgan fingerprint density at radius 3 is 2.60 bits per heavy atom. The Morgan fingerprint density at radius 1 is 1.20 bits per heavy atom. The summed E-state index contributed by atoms with van der Waals surface area (Å²) < 4.78 is 0. The highest BCUT2D eigenvalue weighted by Crippen LogP contribution is 2.26. The van der Waals surface area contributed by atoms with E-state index in [2.05, 4.69) is 56.0 Å². The highest BCUT2D eigenvalue weighted by molar-refractivity contribution is 5.14. The number of nitrogens with two attached hydrogens (primary N) is 1. The first-order valence-electron chi connectivity index (χ1n) is 8.09. The molecule has 0 radical (unpaired) electrons. The number of piperidine rings is 1. The van der Waals surface area contributed by atoms with Crippen LogP contribution in [0.5, 0.6) is 0 Å². The summed E-state index contributed by atoms with van der Waals surface area (Å²) in [6.07, 6.45) is 3.53. The van der Waals surface area contributed by atoms with Gasteiger partial charge in [-0.25, -0.2) is 0 Å². The van der Waals surface area contributed by atoms with Gasteiger partial charge in [0.2, 0.25) is 0 Å². The smallest absolute Gasteiger partial charge is 0.0171 e. The van der Waals surface area contributed by atoms with Crippen LogP contribution < -0.4 is 5.73 Å². The average Bonchev–Trinajstić information content (AvgIpc) is 2.43. The summed E-state index contributed by atoms with van der Waals surface area (Å²) in [6.45, 7) is 9.36. The molecule has 2 nitrogen and oxygen atoms in total. The highest BCUT2D eigenvalue weighted by atomic mass is 15.2. The van der Waals surface area contributed by atoms with Gasteiger partial charge < -0.3 is 5.73 Å². The first-order chi connectivity index (χ1) is 9.56. The Morgan fingerprint density at radius 2 is 1.90 bits per heavy atom. The lowest BCUT2D eigenvalue weighted by atomic mass is 9.85. The third-order valence-electron chi connectivity index (χ3n) is 4.84. The van der Waals surface area contributed by atoms with E-state index < -0.39 is 0 Å². The maximum Gasteiger partial charge on any atom is 0.0171 e. The molecule has 0 bridgehead atoms. The summed E-state index contributed by atoms with van der Waals surface area (Å²) >= 11 is 0. The molecule has 1 heterocycles. The molecule has 2 N–H and O–H groups in total. The number of nitrogens with zero attached hydrogens (tertiary/aromatic N) is 1. The number of benzene rings is 1. The molecule has 20 heavy (non-hydrogen) atoms. The van der Waals surface area contributed by atoms with Crippen molar-refractivity contribution in [2.24, 2.45) is 17.6 Å². The Hall–Kier alpha value is -0.860. The van der Waals surface area contributed by atoms with Gasteiger partial charge in [-0.15, -0.1) is 0 Å². The van der Waals surface area contributed by atoms with Crippen molar-refractivity contribution in [3.8, 4) is 0 Å². The van der Waals surface area contributed by atoms with Crippen molar-refractivity contribution < 1.29 is 0 Å². The van der Waals surface area contributed by atoms with Gasteiger partial charge in [-0.1, -0.05) is 44.2 Å². The van der Waals surface area contributed by atoms with E-state index in [1.807, 2.05) is 0 Å². The van der Waals surface area contributed by atoms with Crippen molar-refractivity contribution in [3.63, 3.8) is 0 Å². The lowest BCUT2D eigenvalue weighted by Crippen LogP contribution is -2.50. The summed E-state index contributed by atoms with van der Waals surface area (Å²) in [7, 11) is 0. The summed E-state index contributed by atoms with van der Waals surface area (Å²) in [6, 6.07) is 11.6. The maximum absolute atomic E-state index is 6.36. The fourth-order valence-corrected chi connectivity index (χ4v) is 3.46. The van der Waals surface area contributed by atoms with Crippen LogP contribution in [-0.4, -0.2) is 30.1 Å². The summed E-state index contributed by atoms with van der Waals surface area (Å²) in [5, 5.41) is 0. The fraction of sp³-hybridized carbons (Fsp3) is 0.667. The average molecular weight is 274 g/mol. The van der Waals surface area contributed by atoms with Gasteiger partial charge in [-0.3, -0.25) is 4.90 Å². The van der Waals surface area contributed by atoms with Crippen LogP contribution in [0.2, 0.25) is 0 Å². The normalized spacial score (nSPS) is 29.3. The second kappa shape index (κ2) is 7.24. The van der Waals surface area contributed by atoms with Crippen molar-refractivity contribution in [2.75, 3.05) is 13.1 Å². The second-order valence-corrected chi connectivity index (χ2v) is 6.80. The molecule has 112 valence electrons. The number of likely N-dealkylation sites (tertiary alicyclic amines) is 1. The van der Waals surface area contributed by atoms with Gasteiger partial charge in [0.25, 0.3) is 0 Å². The molecule has 1 saturated heterocycles. The van der Waals surface area contributed by atoms with Crippen molar-refractivity contribution in [1.29, 1.82) is 0 Å². The van der Waals surface area contributed by atoms with Gasteiger partial charge in [0, 0.05) is 25.2 Å². The van der Waals surface area contributed by atoms with E-state index in [9.17, 15) is 0 Å². The Kier molecular flexibility index (Phi) is 5.62. The molecule has 1 aliphatic heterocycles. The minimum atomic E-state index is 0.287. The molecule has 1 aromatic rings. The van der Waals surface area contributed by atoms with E-state index in [1.165, 1.54) is 18.5 Å². The van der Waals surface area contributed by atoms with Gasteiger partial charge in [0.05, 0.1) is 0 Å². The molecule has 1 fully saturated rings. The number of rotatable bonds is 5. The molecule has 1 aromatic carbocycles. The molecule has 0 saturated carbocycles. The van der Waals surface area contributed by atoms with Crippen LogP contribution in [0.3, 0.4) is 0 Å². The van der Waals surface area contributed by atoms with E-state index in [4.69, 9.17) is 5.73 Å². The predicted octanol–water partition coefficient (Wildman–Crippen LogP) is 3.31. The molecule has 0 aliphatic carbocycles. The summed E-state index contributed by atoms with van der Waals surface area (Å²) in [4.78, 5) is 2.61.